The molecule has 2 heterocycles. The number of carboxylic acid groups (broad SMARTS) is 1. The van der Waals surface area contributed by atoms with Crippen molar-refractivity contribution in [2.24, 2.45) is 5.41 Å². The van der Waals surface area contributed by atoms with Gasteiger partial charge in [-0.05, 0) is 32.8 Å². The molecule has 2 rings (SSSR count). The van der Waals surface area contributed by atoms with Gasteiger partial charge in [-0.2, -0.15) is 0 Å². The number of furan rings is 1. The van der Waals surface area contributed by atoms with Crippen LogP contribution in [0.15, 0.2) is 10.5 Å². The highest BCUT2D eigenvalue weighted by Crippen LogP contribution is 2.32. The van der Waals surface area contributed by atoms with Gasteiger partial charge in [-0.15, -0.1) is 0 Å². The predicted octanol–water partition coefficient (Wildman–Crippen LogP) is 1.85. The molecule has 21 heavy (non-hydrogen) atoms. The number of aliphatic carboxylic acids is 1. The van der Waals surface area contributed by atoms with Gasteiger partial charge in [-0.3, -0.25) is 9.59 Å². The summed E-state index contributed by atoms with van der Waals surface area (Å²) in [6.45, 7) is 4.38. The molecule has 1 aromatic rings. The Hall–Kier alpha value is -1.82. The molecule has 0 spiro atoms. The van der Waals surface area contributed by atoms with E-state index in [2.05, 4.69) is 0 Å². The summed E-state index contributed by atoms with van der Waals surface area (Å²) in [7, 11) is 1.48. The number of amides is 1. The molecule has 1 amide bonds. The number of carbonyl (C=O) groups is 2. The van der Waals surface area contributed by atoms with Gasteiger partial charge in [0.15, 0.2) is 5.76 Å². The highest BCUT2D eigenvalue weighted by atomic mass is 16.5. The Kier molecular flexibility index (Phi) is 4.37. The van der Waals surface area contributed by atoms with Crippen LogP contribution in [0.2, 0.25) is 0 Å². The Morgan fingerprint density at radius 2 is 2.19 bits per heavy atom. The van der Waals surface area contributed by atoms with E-state index in [1.54, 1.807) is 17.9 Å². The van der Waals surface area contributed by atoms with Crippen molar-refractivity contribution in [1.29, 1.82) is 0 Å². The molecule has 0 bridgehead atoms. The van der Waals surface area contributed by atoms with E-state index in [0.29, 0.717) is 30.9 Å². The fourth-order valence-corrected chi connectivity index (χ4v) is 2.93. The molecule has 0 aliphatic carbocycles. The normalized spacial score (nSPS) is 22.3. The Bertz CT molecular complexity index is 546. The maximum Gasteiger partial charge on any atom is 0.313 e. The van der Waals surface area contributed by atoms with Gasteiger partial charge in [0.25, 0.3) is 5.91 Å². The lowest BCUT2D eigenvalue weighted by Gasteiger charge is -2.39. The van der Waals surface area contributed by atoms with Crippen LogP contribution in [0.5, 0.6) is 0 Å². The van der Waals surface area contributed by atoms with Crippen molar-refractivity contribution in [3.8, 4) is 0 Å². The van der Waals surface area contributed by atoms with Gasteiger partial charge in [0.1, 0.15) is 11.2 Å². The molecular formula is C15H21NO5. The summed E-state index contributed by atoms with van der Waals surface area (Å²) in [5, 5.41) is 9.51. The van der Waals surface area contributed by atoms with E-state index < -0.39 is 11.4 Å². The van der Waals surface area contributed by atoms with E-state index in [1.807, 2.05) is 6.92 Å². The van der Waals surface area contributed by atoms with Crippen molar-refractivity contribution >= 4 is 11.9 Å². The maximum absolute atomic E-state index is 12.5. The molecule has 1 N–H and O–H groups in total. The van der Waals surface area contributed by atoms with Crippen molar-refractivity contribution in [3.63, 3.8) is 0 Å². The van der Waals surface area contributed by atoms with Crippen LogP contribution in [0.4, 0.5) is 0 Å². The average Bonchev–Trinajstić information content (AvgIpc) is 2.77. The zero-order chi connectivity index (χ0) is 15.6. The third-order valence-corrected chi connectivity index (χ3v) is 3.97. The van der Waals surface area contributed by atoms with Gasteiger partial charge in [0.2, 0.25) is 0 Å². The van der Waals surface area contributed by atoms with Gasteiger partial charge >= 0.3 is 5.97 Å². The number of ether oxygens (including phenoxy) is 1. The summed E-state index contributed by atoms with van der Waals surface area (Å²) < 4.78 is 10.5. The van der Waals surface area contributed by atoms with Crippen molar-refractivity contribution in [2.75, 3.05) is 26.8 Å². The molecule has 1 unspecified atom stereocenters. The van der Waals surface area contributed by atoms with E-state index in [9.17, 15) is 14.7 Å². The fraction of sp³-hybridized carbons (Fsp3) is 0.600. The van der Waals surface area contributed by atoms with E-state index in [-0.39, 0.29) is 19.1 Å². The first kappa shape index (κ1) is 15.6. The number of nitrogens with zero attached hydrogens (tertiary/aromatic N) is 1. The van der Waals surface area contributed by atoms with Crippen LogP contribution in [0.25, 0.3) is 0 Å². The standard InChI is InChI=1S/C15H21NO5/c1-10-7-11(2)21-12(10)13(17)16-6-4-5-15(8-16,9-20-3)14(18)19/h7H,4-6,8-9H2,1-3H3,(H,18,19). The minimum absolute atomic E-state index is 0.0995. The van der Waals surface area contributed by atoms with E-state index in [1.165, 1.54) is 7.11 Å². The van der Waals surface area contributed by atoms with E-state index >= 15 is 0 Å². The van der Waals surface area contributed by atoms with Gasteiger partial charge in [0, 0.05) is 25.8 Å². The van der Waals surface area contributed by atoms with Crippen molar-refractivity contribution < 1.29 is 23.8 Å². The summed E-state index contributed by atoms with van der Waals surface area (Å²) in [6.07, 6.45) is 1.15. The van der Waals surface area contributed by atoms with Crippen LogP contribution in [0.1, 0.15) is 34.7 Å². The van der Waals surface area contributed by atoms with E-state index in [4.69, 9.17) is 9.15 Å². The Morgan fingerprint density at radius 1 is 1.48 bits per heavy atom. The highest BCUT2D eigenvalue weighted by molar-refractivity contribution is 5.93. The second kappa shape index (κ2) is 5.89. The number of piperidine rings is 1. The predicted molar refractivity (Wildman–Crippen MR) is 75.3 cm³/mol. The van der Waals surface area contributed by atoms with Crippen molar-refractivity contribution in [1.82, 2.24) is 4.90 Å². The molecule has 1 saturated heterocycles. The minimum atomic E-state index is -1.03. The van der Waals surface area contributed by atoms with Gasteiger partial charge in [-0.25, -0.2) is 0 Å². The molecule has 1 atom stereocenters. The fourth-order valence-electron chi connectivity index (χ4n) is 2.93. The van der Waals surface area contributed by atoms with Gasteiger partial charge in [-0.1, -0.05) is 0 Å². The lowest BCUT2D eigenvalue weighted by Crippen LogP contribution is -2.52. The summed E-state index contributed by atoms with van der Waals surface area (Å²) in [6, 6.07) is 1.80. The number of hydrogen-bond acceptors (Lipinski definition) is 4. The summed E-state index contributed by atoms with van der Waals surface area (Å²) >= 11 is 0. The molecule has 6 nitrogen and oxygen atoms in total. The molecular weight excluding hydrogens is 274 g/mol. The zero-order valence-corrected chi connectivity index (χ0v) is 12.6. The van der Waals surface area contributed by atoms with Gasteiger partial charge in [0.05, 0.1) is 6.61 Å². The second-order valence-electron chi connectivity index (χ2n) is 5.72. The maximum atomic E-state index is 12.5. The summed E-state index contributed by atoms with van der Waals surface area (Å²) in [4.78, 5) is 25.7. The van der Waals surface area contributed by atoms with Crippen LogP contribution in [0, 0.1) is 19.3 Å². The van der Waals surface area contributed by atoms with Crippen LogP contribution in [0.3, 0.4) is 0 Å². The Labute approximate surface area is 123 Å². The molecule has 0 saturated carbocycles. The number of aryl methyl sites for hydroxylation is 2. The van der Waals surface area contributed by atoms with Gasteiger partial charge < -0.3 is 19.2 Å². The number of rotatable bonds is 4. The molecule has 6 heteroatoms. The first-order valence-electron chi connectivity index (χ1n) is 6.98. The first-order chi connectivity index (χ1) is 9.89. The molecule has 0 radical (unpaired) electrons. The zero-order valence-electron chi connectivity index (χ0n) is 12.6. The van der Waals surface area contributed by atoms with Crippen molar-refractivity contribution in [3.05, 3.63) is 23.2 Å². The third kappa shape index (κ3) is 2.95. The number of hydrogen-bond donors (Lipinski definition) is 1. The molecule has 1 aliphatic heterocycles. The highest BCUT2D eigenvalue weighted by Gasteiger charge is 2.44. The van der Waals surface area contributed by atoms with Crippen molar-refractivity contribution in [2.45, 2.75) is 26.7 Å². The molecule has 0 aromatic carbocycles. The molecule has 116 valence electrons. The Balaban J connectivity index is 2.22. The SMILES string of the molecule is COCC1(C(=O)O)CCCN(C(=O)c2oc(C)cc2C)C1. The molecule has 1 aliphatic rings. The summed E-state index contributed by atoms with van der Waals surface area (Å²) in [5.74, 6) is -0.198. The Morgan fingerprint density at radius 3 is 2.71 bits per heavy atom. The minimum Gasteiger partial charge on any atom is -0.481 e. The molecule has 1 fully saturated rings. The van der Waals surface area contributed by atoms with Crippen LogP contribution >= 0.6 is 0 Å². The molecule has 1 aromatic heterocycles. The third-order valence-electron chi connectivity index (χ3n) is 3.97. The largest absolute Gasteiger partial charge is 0.481 e. The number of methoxy groups -OCH3 is 1. The quantitative estimate of drug-likeness (QED) is 0.917. The monoisotopic (exact) mass is 295 g/mol. The second-order valence-corrected chi connectivity index (χ2v) is 5.72. The lowest BCUT2D eigenvalue weighted by molar-refractivity contribution is -0.155. The number of carboxylic acids is 1. The summed E-state index contributed by atoms with van der Waals surface area (Å²) in [5.41, 5.74) is -0.256. The van der Waals surface area contributed by atoms with Crippen LogP contribution < -0.4 is 0 Å². The number of likely N-dealkylation sites (tertiary alicyclic amines) is 1. The first-order valence-corrected chi connectivity index (χ1v) is 6.98. The number of carbonyl (C=O) groups excluding carboxylic acids is 1. The van der Waals surface area contributed by atoms with E-state index in [0.717, 1.165) is 5.56 Å². The topological polar surface area (TPSA) is 80.0 Å². The van der Waals surface area contributed by atoms with Crippen LogP contribution in [-0.2, 0) is 9.53 Å². The lowest BCUT2D eigenvalue weighted by atomic mass is 9.80. The van der Waals surface area contributed by atoms with Crippen LogP contribution in [-0.4, -0.2) is 48.7 Å². The average molecular weight is 295 g/mol. The smallest absolute Gasteiger partial charge is 0.313 e.